The minimum Gasteiger partial charge on any atom is -0.299 e. The van der Waals surface area contributed by atoms with Crippen LogP contribution in [0.15, 0.2) is 41.2 Å². The van der Waals surface area contributed by atoms with Gasteiger partial charge in [0.1, 0.15) is 0 Å². The highest BCUT2D eigenvalue weighted by Gasteiger charge is 2.14. The smallest absolute Gasteiger partial charge is 0.0236 e. The highest BCUT2D eigenvalue weighted by molar-refractivity contribution is 5.39. The van der Waals surface area contributed by atoms with Crippen LogP contribution in [0.4, 0.5) is 0 Å². The summed E-state index contributed by atoms with van der Waals surface area (Å²) in [6, 6.07) is 0. The maximum absolute atomic E-state index is 3.15. The third-order valence-electron chi connectivity index (χ3n) is 3.15. The Balaban J connectivity index is 2.06. The van der Waals surface area contributed by atoms with Crippen molar-refractivity contribution in [1.82, 2.24) is 4.90 Å². The van der Waals surface area contributed by atoms with Gasteiger partial charge >= 0.3 is 0 Å². The molecule has 1 saturated heterocycles. The molecule has 1 nitrogen and oxygen atoms in total. The molecule has 2 rings (SSSR count). The number of rotatable bonds is 3. The third kappa shape index (κ3) is 2.71. The van der Waals surface area contributed by atoms with Crippen molar-refractivity contribution in [2.75, 3.05) is 19.6 Å². The zero-order valence-corrected chi connectivity index (χ0v) is 9.50. The molecule has 0 aromatic heterocycles. The summed E-state index contributed by atoms with van der Waals surface area (Å²) in [4.78, 5) is 2.55. The minimum absolute atomic E-state index is 1.12. The molecule has 0 aromatic rings. The van der Waals surface area contributed by atoms with Gasteiger partial charge in [-0.3, -0.25) is 4.90 Å². The van der Waals surface area contributed by atoms with Crippen molar-refractivity contribution < 1.29 is 0 Å². The molecular weight excluding hydrogens is 182 g/mol. The zero-order valence-electron chi connectivity index (χ0n) is 9.50. The molecule has 0 unspecified atom stereocenters. The summed E-state index contributed by atoms with van der Waals surface area (Å²) in [6.07, 6.45) is 12.3. The van der Waals surface area contributed by atoms with Crippen molar-refractivity contribution >= 4 is 0 Å². The van der Waals surface area contributed by atoms with E-state index in [-0.39, 0.29) is 0 Å². The fourth-order valence-corrected chi connectivity index (χ4v) is 2.25. The summed E-state index contributed by atoms with van der Waals surface area (Å²) < 4.78 is 0. The van der Waals surface area contributed by atoms with Crippen molar-refractivity contribution in [3.63, 3.8) is 0 Å². The summed E-state index contributed by atoms with van der Waals surface area (Å²) in [5.74, 6) is 0. The van der Waals surface area contributed by atoms with Gasteiger partial charge in [0, 0.05) is 6.54 Å². The lowest BCUT2D eigenvalue weighted by molar-refractivity contribution is 0.369. The maximum Gasteiger partial charge on any atom is 0.0236 e. The molecule has 1 aliphatic heterocycles. The van der Waals surface area contributed by atoms with E-state index >= 15 is 0 Å². The first-order valence-electron chi connectivity index (χ1n) is 5.93. The van der Waals surface area contributed by atoms with Crippen molar-refractivity contribution in [2.24, 2.45) is 0 Å². The van der Waals surface area contributed by atoms with Crippen LogP contribution >= 0.6 is 0 Å². The molecule has 15 heavy (non-hydrogen) atoms. The third-order valence-corrected chi connectivity index (χ3v) is 3.15. The molecule has 0 amide bonds. The van der Waals surface area contributed by atoms with Crippen molar-refractivity contribution in [2.45, 2.75) is 26.2 Å². The van der Waals surface area contributed by atoms with Crippen molar-refractivity contribution in [1.29, 1.82) is 0 Å². The first kappa shape index (κ1) is 10.5. The van der Waals surface area contributed by atoms with Crippen LogP contribution in [-0.4, -0.2) is 24.5 Å². The van der Waals surface area contributed by atoms with E-state index in [9.17, 15) is 0 Å². The number of likely N-dealkylation sites (tertiary alicyclic amines) is 1. The van der Waals surface area contributed by atoms with Gasteiger partial charge in [-0.15, -0.1) is 5.73 Å². The summed E-state index contributed by atoms with van der Waals surface area (Å²) in [7, 11) is 0. The minimum atomic E-state index is 1.12. The Kier molecular flexibility index (Phi) is 3.60. The molecule has 0 bridgehead atoms. The van der Waals surface area contributed by atoms with Gasteiger partial charge < -0.3 is 0 Å². The van der Waals surface area contributed by atoms with Crippen LogP contribution in [0.5, 0.6) is 0 Å². The van der Waals surface area contributed by atoms with Gasteiger partial charge in [-0.1, -0.05) is 13.0 Å². The normalized spacial score (nSPS) is 21.4. The van der Waals surface area contributed by atoms with Gasteiger partial charge in [-0.2, -0.15) is 0 Å². The van der Waals surface area contributed by atoms with Gasteiger partial charge in [0.25, 0.3) is 0 Å². The van der Waals surface area contributed by atoms with E-state index in [1.54, 1.807) is 0 Å². The van der Waals surface area contributed by atoms with Crippen molar-refractivity contribution in [3.8, 4) is 0 Å². The Bertz CT molecular complexity index is 334. The van der Waals surface area contributed by atoms with Crippen LogP contribution < -0.4 is 0 Å². The Hall–Kier alpha value is -1.04. The van der Waals surface area contributed by atoms with Crippen LogP contribution in [0.1, 0.15) is 26.2 Å². The van der Waals surface area contributed by atoms with Gasteiger partial charge in [-0.05, 0) is 61.7 Å². The van der Waals surface area contributed by atoms with Gasteiger partial charge in [0.2, 0.25) is 0 Å². The number of allylic oxidation sites excluding steroid dienone is 3. The lowest BCUT2D eigenvalue weighted by Crippen LogP contribution is -2.22. The molecule has 0 radical (unpaired) electrons. The maximum atomic E-state index is 3.15. The fourth-order valence-electron chi connectivity index (χ4n) is 2.25. The lowest BCUT2D eigenvalue weighted by Gasteiger charge is -2.18. The predicted octanol–water partition coefficient (Wildman–Crippen LogP) is 3.07. The standard InChI is InChI=1S/C14H19N/c1-2-13-8-4-3-5-9-14(13)12-15-10-6-7-11-15/h4-5,8-9H,2,6-7,10-12H2,1H3. The van der Waals surface area contributed by atoms with Gasteiger partial charge in [-0.25, -0.2) is 0 Å². The molecule has 2 aliphatic rings. The van der Waals surface area contributed by atoms with E-state index in [0.29, 0.717) is 0 Å². The average molecular weight is 201 g/mol. The monoisotopic (exact) mass is 201 g/mol. The molecule has 1 aliphatic carbocycles. The van der Waals surface area contributed by atoms with E-state index in [1.165, 1.54) is 37.1 Å². The first-order chi connectivity index (χ1) is 7.40. The molecule has 0 aromatic carbocycles. The average Bonchev–Trinajstić information content (AvgIpc) is 2.64. The Morgan fingerprint density at radius 3 is 2.47 bits per heavy atom. The number of hydrogen-bond donors (Lipinski definition) is 0. The van der Waals surface area contributed by atoms with Crippen LogP contribution in [0, 0.1) is 0 Å². The zero-order chi connectivity index (χ0) is 10.5. The second-order valence-corrected chi connectivity index (χ2v) is 4.22. The van der Waals surface area contributed by atoms with E-state index < -0.39 is 0 Å². The van der Waals surface area contributed by atoms with E-state index in [1.807, 2.05) is 12.2 Å². The highest BCUT2D eigenvalue weighted by atomic mass is 15.1. The summed E-state index contributed by atoms with van der Waals surface area (Å²) in [5, 5.41) is 0. The molecule has 0 saturated carbocycles. The van der Waals surface area contributed by atoms with E-state index in [0.717, 1.165) is 13.0 Å². The molecule has 1 heterocycles. The van der Waals surface area contributed by atoms with Crippen LogP contribution in [0.2, 0.25) is 0 Å². The summed E-state index contributed by atoms with van der Waals surface area (Å²) in [6.45, 7) is 5.88. The first-order valence-corrected chi connectivity index (χ1v) is 5.93. The highest BCUT2D eigenvalue weighted by Crippen LogP contribution is 2.19. The van der Waals surface area contributed by atoms with Gasteiger partial charge in [0.05, 0.1) is 0 Å². The van der Waals surface area contributed by atoms with Crippen LogP contribution in [-0.2, 0) is 0 Å². The van der Waals surface area contributed by atoms with Crippen LogP contribution in [0.3, 0.4) is 0 Å². The van der Waals surface area contributed by atoms with Crippen LogP contribution in [0.25, 0.3) is 0 Å². The number of nitrogens with zero attached hydrogens (tertiary/aromatic N) is 1. The summed E-state index contributed by atoms with van der Waals surface area (Å²) in [5.41, 5.74) is 6.08. The fraction of sp³-hybridized carbons (Fsp3) is 0.500. The quantitative estimate of drug-likeness (QED) is 0.634. The molecule has 1 fully saturated rings. The van der Waals surface area contributed by atoms with Gasteiger partial charge in [0.15, 0.2) is 0 Å². The SMILES string of the molecule is CCC1=CC=C=CC=C1CN1CCCC1. The summed E-state index contributed by atoms with van der Waals surface area (Å²) >= 11 is 0. The Morgan fingerprint density at radius 2 is 1.80 bits per heavy atom. The largest absolute Gasteiger partial charge is 0.299 e. The molecule has 80 valence electrons. The second-order valence-electron chi connectivity index (χ2n) is 4.22. The molecule has 1 heteroatoms. The van der Waals surface area contributed by atoms with E-state index in [2.05, 4.69) is 29.7 Å². The predicted molar refractivity (Wildman–Crippen MR) is 64.8 cm³/mol. The molecule has 0 atom stereocenters. The molecule has 0 N–H and O–H groups in total. The van der Waals surface area contributed by atoms with Crippen molar-refractivity contribution in [3.05, 3.63) is 41.2 Å². The van der Waals surface area contributed by atoms with E-state index in [4.69, 9.17) is 0 Å². The Morgan fingerprint density at radius 1 is 1.13 bits per heavy atom. The topological polar surface area (TPSA) is 3.24 Å². The molecule has 0 spiro atoms. The second kappa shape index (κ2) is 5.16. The molecular formula is C14H19N. The number of hydrogen-bond acceptors (Lipinski definition) is 1. The Labute approximate surface area is 92.5 Å². The lowest BCUT2D eigenvalue weighted by atomic mass is 10.0.